The molecular weight excluding hydrogens is 465 g/mol. The van der Waals surface area contributed by atoms with Gasteiger partial charge in [-0.25, -0.2) is 9.46 Å². The van der Waals surface area contributed by atoms with E-state index in [9.17, 15) is 9.90 Å². The third-order valence-electron chi connectivity index (χ3n) is 5.33. The highest BCUT2D eigenvalue weighted by Gasteiger charge is 2.50. The van der Waals surface area contributed by atoms with Gasteiger partial charge >= 0.3 is 14.2 Å². The number of aromatic amines is 1. The maximum absolute atomic E-state index is 12.3. The number of H-pyrrole nitrogens is 1. The molecule has 0 bridgehead atoms. The van der Waals surface area contributed by atoms with Crippen molar-refractivity contribution in [1.82, 2.24) is 24.3 Å². The number of ether oxygens (including phenoxy) is 2. The minimum Gasteiger partial charge on any atom is -0.394 e. The second kappa shape index (κ2) is 11.5. The molecule has 1 aliphatic rings. The molecule has 0 amide bonds. The molecule has 0 aliphatic carbocycles. The van der Waals surface area contributed by atoms with Gasteiger partial charge in [0.15, 0.2) is 5.65 Å². The molecule has 0 aromatic carbocycles. The lowest BCUT2D eigenvalue weighted by Crippen LogP contribution is -2.39. The summed E-state index contributed by atoms with van der Waals surface area (Å²) < 4.78 is 27.4. The van der Waals surface area contributed by atoms with Crippen molar-refractivity contribution < 1.29 is 23.7 Å². The first kappa shape index (κ1) is 26.5. The standard InChI is InChI=1S/C20H34N7O6P/c1-7-8-23-33-34(27(11(2)3)12(4)5)32-17-15(31-14(10-28)16(17)30-6)13-9-22-26-18(13)24-19(21)25-20(26)29/h8-9,11-12,14-17,28H,7,10H2,1-6H3,(H3,21,24,25,29)/b23-8+. The minimum atomic E-state index is -1.69. The quantitative estimate of drug-likeness (QED) is 0.235. The summed E-state index contributed by atoms with van der Waals surface area (Å²) in [6, 6.07) is 0.186. The van der Waals surface area contributed by atoms with Gasteiger partial charge in [0.25, 0.3) is 0 Å². The van der Waals surface area contributed by atoms with Gasteiger partial charge in [-0.3, -0.25) is 4.98 Å². The second-order valence-electron chi connectivity index (χ2n) is 8.39. The Hall–Kier alpha value is -2.15. The summed E-state index contributed by atoms with van der Waals surface area (Å²) in [4.78, 5) is 18.9. The topological polar surface area (TPSA) is 162 Å². The molecule has 1 aliphatic heterocycles. The van der Waals surface area contributed by atoms with Crippen LogP contribution in [0.15, 0.2) is 16.1 Å². The largest absolute Gasteiger partial charge is 0.394 e. The number of methoxy groups -OCH3 is 1. The molecule has 190 valence electrons. The Kier molecular flexibility index (Phi) is 8.96. The van der Waals surface area contributed by atoms with E-state index in [1.165, 1.54) is 13.3 Å². The number of hydrogen-bond acceptors (Lipinski definition) is 11. The summed E-state index contributed by atoms with van der Waals surface area (Å²) >= 11 is 0. The van der Waals surface area contributed by atoms with Crippen LogP contribution in [0.2, 0.25) is 0 Å². The first-order valence-corrected chi connectivity index (χ1v) is 12.3. The van der Waals surface area contributed by atoms with Gasteiger partial charge in [0.05, 0.1) is 12.8 Å². The van der Waals surface area contributed by atoms with E-state index in [2.05, 4.69) is 24.9 Å². The fraction of sp³-hybridized carbons (Fsp3) is 0.700. The zero-order valence-corrected chi connectivity index (χ0v) is 21.2. The highest BCUT2D eigenvalue weighted by atomic mass is 31.2. The molecule has 0 radical (unpaired) electrons. The van der Waals surface area contributed by atoms with Gasteiger partial charge in [-0.2, -0.15) is 14.6 Å². The van der Waals surface area contributed by atoms with Crippen LogP contribution >= 0.6 is 8.53 Å². The fourth-order valence-electron chi connectivity index (χ4n) is 3.99. The van der Waals surface area contributed by atoms with E-state index in [4.69, 9.17) is 24.4 Å². The number of nitrogens with zero attached hydrogens (tertiary/aromatic N) is 5. The van der Waals surface area contributed by atoms with Crippen LogP contribution in [0.5, 0.6) is 0 Å². The van der Waals surface area contributed by atoms with E-state index in [-0.39, 0.29) is 30.3 Å². The normalized spacial score (nSPS) is 24.3. The summed E-state index contributed by atoms with van der Waals surface area (Å²) in [6.45, 7) is 9.84. The molecule has 3 rings (SSSR count). The number of aliphatic hydroxyl groups is 1. The predicted octanol–water partition coefficient (Wildman–Crippen LogP) is 1.59. The number of hydrogen-bond donors (Lipinski definition) is 3. The van der Waals surface area contributed by atoms with E-state index in [0.717, 1.165) is 4.52 Å². The molecule has 0 spiro atoms. The number of nitrogen functional groups attached to an aromatic ring is 1. The minimum absolute atomic E-state index is 0.0537. The molecule has 13 nitrogen and oxygen atoms in total. The van der Waals surface area contributed by atoms with Crippen LogP contribution < -0.4 is 11.4 Å². The number of aromatic nitrogens is 4. The van der Waals surface area contributed by atoms with Gasteiger partial charge in [0.1, 0.15) is 24.4 Å². The summed E-state index contributed by atoms with van der Waals surface area (Å²) in [5.74, 6) is -0.0537. The van der Waals surface area contributed by atoms with Gasteiger partial charge in [0.2, 0.25) is 5.95 Å². The molecule has 5 atom stereocenters. The van der Waals surface area contributed by atoms with Gasteiger partial charge < -0.3 is 29.5 Å². The van der Waals surface area contributed by atoms with Crippen molar-refractivity contribution in [2.24, 2.45) is 5.16 Å². The number of nitrogens with one attached hydrogen (secondary N) is 1. The number of fused-ring (bicyclic) bond motifs is 1. The van der Waals surface area contributed by atoms with E-state index < -0.39 is 38.6 Å². The highest BCUT2D eigenvalue weighted by Crippen LogP contribution is 2.52. The van der Waals surface area contributed by atoms with Crippen LogP contribution in [-0.4, -0.2) is 79.7 Å². The predicted molar refractivity (Wildman–Crippen MR) is 127 cm³/mol. The number of aliphatic hydroxyl groups excluding tert-OH is 1. The van der Waals surface area contributed by atoms with Crippen LogP contribution in [0.1, 0.15) is 52.7 Å². The SMILES string of the molecule is CC/C=N/OP(OC1C(c2cnn3c(=O)[nH]c(N)nc23)OC(CO)C1OC)N(C(C)C)C(C)C. The maximum Gasteiger partial charge on any atom is 0.350 e. The number of anilines is 1. The summed E-state index contributed by atoms with van der Waals surface area (Å²) in [5.41, 5.74) is 5.94. The Bertz CT molecular complexity index is 1020. The summed E-state index contributed by atoms with van der Waals surface area (Å²) in [5, 5.41) is 18.2. The van der Waals surface area contributed by atoms with Crippen molar-refractivity contribution in [1.29, 1.82) is 0 Å². The van der Waals surface area contributed by atoms with Crippen molar-refractivity contribution in [3.63, 3.8) is 0 Å². The van der Waals surface area contributed by atoms with E-state index in [1.807, 2.05) is 34.6 Å². The highest BCUT2D eigenvalue weighted by molar-refractivity contribution is 7.44. The summed E-state index contributed by atoms with van der Waals surface area (Å²) in [7, 11) is -0.165. The molecule has 3 heterocycles. The van der Waals surface area contributed by atoms with Crippen LogP contribution in [-0.2, 0) is 18.6 Å². The van der Waals surface area contributed by atoms with Crippen molar-refractivity contribution in [2.75, 3.05) is 19.5 Å². The zero-order valence-electron chi connectivity index (χ0n) is 20.3. The van der Waals surface area contributed by atoms with Crippen LogP contribution in [0.3, 0.4) is 0 Å². The first-order chi connectivity index (χ1) is 16.2. The first-order valence-electron chi connectivity index (χ1n) is 11.2. The Morgan fingerprint density at radius 1 is 1.38 bits per heavy atom. The molecule has 1 saturated heterocycles. The van der Waals surface area contributed by atoms with Crippen LogP contribution in [0.25, 0.3) is 5.65 Å². The Balaban J connectivity index is 2.05. The lowest BCUT2D eigenvalue weighted by atomic mass is 10.0. The Labute approximate surface area is 199 Å². The average Bonchev–Trinajstić information content (AvgIpc) is 3.34. The van der Waals surface area contributed by atoms with Gasteiger partial charge in [-0.05, 0) is 34.1 Å². The maximum atomic E-state index is 12.3. The van der Waals surface area contributed by atoms with E-state index >= 15 is 0 Å². The van der Waals surface area contributed by atoms with Crippen LogP contribution in [0, 0.1) is 0 Å². The molecule has 14 heteroatoms. The molecule has 2 aromatic heterocycles. The number of rotatable bonds is 11. The third kappa shape index (κ3) is 5.40. The molecule has 4 N–H and O–H groups in total. The second-order valence-corrected chi connectivity index (χ2v) is 9.71. The molecule has 1 fully saturated rings. The smallest absolute Gasteiger partial charge is 0.350 e. The van der Waals surface area contributed by atoms with E-state index in [0.29, 0.717) is 12.0 Å². The molecule has 5 unspecified atom stereocenters. The Morgan fingerprint density at radius 2 is 2.09 bits per heavy atom. The molecule has 0 saturated carbocycles. The molecule has 34 heavy (non-hydrogen) atoms. The van der Waals surface area contributed by atoms with Gasteiger partial charge in [0, 0.05) is 31.0 Å². The third-order valence-corrected chi connectivity index (χ3v) is 7.28. The number of nitrogens with two attached hydrogens (primary N) is 1. The molecule has 2 aromatic rings. The molecular formula is C20H34N7O6P. The van der Waals surface area contributed by atoms with Crippen molar-refractivity contribution in [3.05, 3.63) is 22.2 Å². The fourth-order valence-corrected chi connectivity index (χ4v) is 5.56. The van der Waals surface area contributed by atoms with Gasteiger partial charge in [-0.15, -0.1) is 0 Å². The van der Waals surface area contributed by atoms with Crippen molar-refractivity contribution in [2.45, 2.75) is 77.5 Å². The van der Waals surface area contributed by atoms with Crippen molar-refractivity contribution >= 4 is 26.3 Å². The zero-order chi connectivity index (χ0) is 25.0. The average molecular weight is 500 g/mol. The van der Waals surface area contributed by atoms with Crippen molar-refractivity contribution in [3.8, 4) is 0 Å². The Morgan fingerprint density at radius 3 is 2.68 bits per heavy atom. The van der Waals surface area contributed by atoms with E-state index in [1.54, 1.807) is 6.21 Å². The lowest BCUT2D eigenvalue weighted by Gasteiger charge is -2.36. The monoisotopic (exact) mass is 499 g/mol. The summed E-state index contributed by atoms with van der Waals surface area (Å²) in [6.07, 6.45) is 1.05. The number of oxime groups is 1. The van der Waals surface area contributed by atoms with Gasteiger partial charge in [-0.1, -0.05) is 12.1 Å². The van der Waals surface area contributed by atoms with Crippen LogP contribution in [0.4, 0.5) is 5.95 Å². The lowest BCUT2D eigenvalue weighted by molar-refractivity contribution is -0.0358.